The van der Waals surface area contributed by atoms with Gasteiger partial charge >= 0.3 is 11.9 Å². The number of carbonyl (C=O) groups is 2. The topological polar surface area (TPSA) is 67.9 Å². The molecule has 1 aromatic carbocycles. The lowest BCUT2D eigenvalue weighted by molar-refractivity contribution is -0.160. The van der Waals surface area contributed by atoms with Crippen molar-refractivity contribution in [1.82, 2.24) is 4.90 Å². The number of hydrogen-bond acceptors (Lipinski definition) is 6. The first-order valence-corrected chi connectivity index (χ1v) is 6.26. The van der Waals surface area contributed by atoms with Gasteiger partial charge in [0.05, 0.1) is 20.6 Å². The van der Waals surface area contributed by atoms with Gasteiger partial charge in [0.15, 0.2) is 0 Å². The number of anilines is 1. The van der Waals surface area contributed by atoms with Gasteiger partial charge in [-0.05, 0) is 18.7 Å². The van der Waals surface area contributed by atoms with Crippen LogP contribution in [-0.2, 0) is 25.6 Å². The van der Waals surface area contributed by atoms with Crippen molar-refractivity contribution < 1.29 is 19.1 Å². The largest absolute Gasteiger partial charge is 0.469 e. The predicted octanol–water partition coefficient (Wildman–Crippen LogP) is 0.976. The lowest BCUT2D eigenvalue weighted by Crippen LogP contribution is -2.62. The number of hydrogen-bond donors (Lipinski definition) is 1. The van der Waals surface area contributed by atoms with Crippen LogP contribution in [0.2, 0.25) is 0 Å². The summed E-state index contributed by atoms with van der Waals surface area (Å²) >= 11 is 0. The molecule has 0 aromatic heterocycles. The van der Waals surface area contributed by atoms with Gasteiger partial charge in [-0.2, -0.15) is 0 Å². The van der Waals surface area contributed by atoms with Gasteiger partial charge in [0.2, 0.25) is 5.66 Å². The summed E-state index contributed by atoms with van der Waals surface area (Å²) < 4.78 is 9.57. The summed E-state index contributed by atoms with van der Waals surface area (Å²) in [6.07, 6.45) is -0.124. The molecule has 0 bridgehead atoms. The monoisotopic (exact) mass is 278 g/mol. The van der Waals surface area contributed by atoms with Crippen LogP contribution in [0.1, 0.15) is 12.0 Å². The van der Waals surface area contributed by atoms with Gasteiger partial charge in [-0.25, -0.2) is 4.79 Å². The number of methoxy groups -OCH3 is 2. The maximum atomic E-state index is 12.2. The summed E-state index contributed by atoms with van der Waals surface area (Å²) in [5.74, 6) is -0.992. The average Bonchev–Trinajstić information content (AvgIpc) is 2.46. The van der Waals surface area contributed by atoms with Crippen molar-refractivity contribution in [2.75, 3.05) is 26.6 Å². The molecule has 6 heteroatoms. The highest BCUT2D eigenvalue weighted by molar-refractivity contribution is 5.90. The Hall–Kier alpha value is -2.08. The van der Waals surface area contributed by atoms with Crippen molar-refractivity contribution in [1.29, 1.82) is 0 Å². The summed E-state index contributed by atoms with van der Waals surface area (Å²) in [6, 6.07) is 7.65. The van der Waals surface area contributed by atoms with Gasteiger partial charge in [0, 0.05) is 12.2 Å². The number of para-hydroxylation sites is 1. The van der Waals surface area contributed by atoms with Crippen LogP contribution in [0.4, 0.5) is 5.69 Å². The lowest BCUT2D eigenvalue weighted by Gasteiger charge is -2.43. The lowest BCUT2D eigenvalue weighted by atomic mass is 9.97. The van der Waals surface area contributed by atoms with Crippen LogP contribution >= 0.6 is 0 Å². The molecule has 0 spiro atoms. The summed E-state index contributed by atoms with van der Waals surface area (Å²) in [4.78, 5) is 25.7. The third-order valence-electron chi connectivity index (χ3n) is 3.57. The van der Waals surface area contributed by atoms with Crippen LogP contribution in [0.3, 0.4) is 0 Å². The Kier molecular flexibility index (Phi) is 3.94. The zero-order valence-corrected chi connectivity index (χ0v) is 11.8. The van der Waals surface area contributed by atoms with Crippen molar-refractivity contribution >= 4 is 17.6 Å². The van der Waals surface area contributed by atoms with Crippen LogP contribution < -0.4 is 5.32 Å². The molecule has 1 heterocycles. The van der Waals surface area contributed by atoms with Gasteiger partial charge in [-0.15, -0.1) is 0 Å². The van der Waals surface area contributed by atoms with E-state index in [2.05, 4.69) is 5.32 Å². The van der Waals surface area contributed by atoms with E-state index in [9.17, 15) is 9.59 Å². The van der Waals surface area contributed by atoms with E-state index in [4.69, 9.17) is 9.47 Å². The Bertz CT molecular complexity index is 532. The second-order valence-electron chi connectivity index (χ2n) is 4.74. The maximum Gasteiger partial charge on any atom is 0.347 e. The number of benzene rings is 1. The molecule has 0 radical (unpaired) electrons. The zero-order chi connectivity index (χ0) is 14.8. The van der Waals surface area contributed by atoms with E-state index in [1.54, 1.807) is 11.9 Å². The summed E-state index contributed by atoms with van der Waals surface area (Å²) in [5, 5.41) is 3.13. The Morgan fingerprint density at radius 3 is 2.65 bits per heavy atom. The number of esters is 2. The Morgan fingerprint density at radius 1 is 1.30 bits per heavy atom. The number of carbonyl (C=O) groups excluding carboxylic acids is 2. The van der Waals surface area contributed by atoms with E-state index in [-0.39, 0.29) is 6.42 Å². The summed E-state index contributed by atoms with van der Waals surface area (Å²) in [5.41, 5.74) is 0.634. The predicted molar refractivity (Wildman–Crippen MR) is 72.9 cm³/mol. The van der Waals surface area contributed by atoms with Crippen LogP contribution in [0.5, 0.6) is 0 Å². The second-order valence-corrected chi connectivity index (χ2v) is 4.74. The highest BCUT2D eigenvalue weighted by Gasteiger charge is 2.48. The molecule has 1 aliphatic heterocycles. The second kappa shape index (κ2) is 5.50. The van der Waals surface area contributed by atoms with Crippen LogP contribution in [0.15, 0.2) is 24.3 Å². The molecule has 1 atom stereocenters. The number of fused-ring (bicyclic) bond motifs is 1. The number of ether oxygens (including phenoxy) is 2. The molecule has 6 nitrogen and oxygen atoms in total. The first kappa shape index (κ1) is 14.3. The van der Waals surface area contributed by atoms with Crippen LogP contribution in [0.25, 0.3) is 0 Å². The zero-order valence-electron chi connectivity index (χ0n) is 11.8. The molecule has 1 aliphatic rings. The van der Waals surface area contributed by atoms with Crippen LogP contribution in [0, 0.1) is 0 Å². The molecule has 0 saturated heterocycles. The van der Waals surface area contributed by atoms with E-state index in [1.165, 1.54) is 14.2 Å². The molecule has 108 valence electrons. The van der Waals surface area contributed by atoms with Crippen molar-refractivity contribution in [2.45, 2.75) is 18.6 Å². The highest BCUT2D eigenvalue weighted by atomic mass is 16.5. The number of nitrogens with one attached hydrogen (secondary N) is 1. The minimum Gasteiger partial charge on any atom is -0.469 e. The van der Waals surface area contributed by atoms with E-state index in [0.717, 1.165) is 11.3 Å². The van der Waals surface area contributed by atoms with Gasteiger partial charge in [-0.1, -0.05) is 18.2 Å². The van der Waals surface area contributed by atoms with E-state index in [0.29, 0.717) is 6.54 Å². The molecule has 1 N–H and O–H groups in total. The maximum absolute atomic E-state index is 12.2. The molecule has 0 fully saturated rings. The molecular formula is C14H18N2O4. The standard InChI is InChI=1S/C14H18N2O4/c1-16-9-10-6-4-5-7-11(10)15-14(16,13(18)20-3)8-12(17)19-2/h4-7,15H,8-9H2,1-3H3. The Labute approximate surface area is 117 Å². The number of likely N-dealkylation sites (N-methyl/N-ethyl adjacent to an activating group) is 1. The quantitative estimate of drug-likeness (QED) is 0.831. The van der Waals surface area contributed by atoms with Gasteiger partial charge < -0.3 is 14.8 Å². The molecule has 0 saturated carbocycles. The van der Waals surface area contributed by atoms with Crippen LogP contribution in [-0.4, -0.2) is 43.8 Å². The number of nitrogens with zero attached hydrogens (tertiary/aromatic N) is 1. The molecular weight excluding hydrogens is 260 g/mol. The third-order valence-corrected chi connectivity index (χ3v) is 3.57. The SMILES string of the molecule is COC(=O)CC1(C(=O)OC)Nc2ccccc2CN1C. The molecule has 1 aromatic rings. The molecule has 0 amide bonds. The van der Waals surface area contributed by atoms with E-state index in [1.807, 2.05) is 24.3 Å². The minimum absolute atomic E-state index is 0.124. The number of rotatable bonds is 3. The van der Waals surface area contributed by atoms with Crippen molar-refractivity contribution in [3.05, 3.63) is 29.8 Å². The van der Waals surface area contributed by atoms with Gasteiger partial charge in [-0.3, -0.25) is 9.69 Å². The molecule has 1 unspecified atom stereocenters. The highest BCUT2D eigenvalue weighted by Crippen LogP contribution is 2.33. The molecule has 0 aliphatic carbocycles. The van der Waals surface area contributed by atoms with E-state index >= 15 is 0 Å². The average molecular weight is 278 g/mol. The Morgan fingerprint density at radius 2 is 2.00 bits per heavy atom. The fourth-order valence-electron chi connectivity index (χ4n) is 2.40. The van der Waals surface area contributed by atoms with Gasteiger partial charge in [0.25, 0.3) is 0 Å². The first-order valence-electron chi connectivity index (χ1n) is 6.26. The minimum atomic E-state index is -1.24. The fraction of sp³-hybridized carbons (Fsp3) is 0.429. The smallest absolute Gasteiger partial charge is 0.347 e. The first-order chi connectivity index (χ1) is 9.53. The van der Waals surface area contributed by atoms with Crippen molar-refractivity contribution in [3.8, 4) is 0 Å². The molecule has 20 heavy (non-hydrogen) atoms. The fourth-order valence-corrected chi connectivity index (χ4v) is 2.40. The van der Waals surface area contributed by atoms with Gasteiger partial charge in [0.1, 0.15) is 0 Å². The Balaban J connectivity index is 2.41. The van der Waals surface area contributed by atoms with Crippen molar-refractivity contribution in [3.63, 3.8) is 0 Å². The third kappa shape index (κ3) is 2.34. The van der Waals surface area contributed by atoms with E-state index < -0.39 is 17.6 Å². The summed E-state index contributed by atoms with van der Waals surface area (Å²) in [7, 11) is 4.37. The summed E-state index contributed by atoms with van der Waals surface area (Å²) in [6.45, 7) is 0.537. The molecule has 2 rings (SSSR count). The van der Waals surface area contributed by atoms with Crippen molar-refractivity contribution in [2.24, 2.45) is 0 Å². The normalized spacial score (nSPS) is 21.6.